The molecule has 4 rings (SSSR count). The van der Waals surface area contributed by atoms with Crippen molar-refractivity contribution >= 4 is 22.7 Å². The molecule has 2 aromatic heterocycles. The maximum absolute atomic E-state index is 5.48. The standard InChI is InChI=1S/C18H21N5O/c1-2-24-14-9-7-13(8-10-14)21-17-16-18(20-12-19-17)23-11-5-3-4-6-15(23)22-16/h7-10,12H,2-6,11H2,1H3,(H,19,20,21). The molecule has 0 atom stereocenters. The van der Waals surface area contributed by atoms with E-state index in [4.69, 9.17) is 9.72 Å². The number of nitrogens with one attached hydrogen (secondary N) is 1. The van der Waals surface area contributed by atoms with Crippen molar-refractivity contribution in [1.29, 1.82) is 0 Å². The van der Waals surface area contributed by atoms with Crippen molar-refractivity contribution in [3.63, 3.8) is 0 Å². The van der Waals surface area contributed by atoms with Crippen LogP contribution in [0.1, 0.15) is 32.0 Å². The number of benzene rings is 1. The first-order valence-corrected chi connectivity index (χ1v) is 8.55. The Morgan fingerprint density at radius 2 is 2.00 bits per heavy atom. The molecule has 0 unspecified atom stereocenters. The molecule has 0 aliphatic carbocycles. The summed E-state index contributed by atoms with van der Waals surface area (Å²) in [5, 5.41) is 3.36. The highest BCUT2D eigenvalue weighted by Crippen LogP contribution is 2.26. The summed E-state index contributed by atoms with van der Waals surface area (Å²) >= 11 is 0. The number of nitrogens with zero attached hydrogens (tertiary/aromatic N) is 4. The minimum absolute atomic E-state index is 0.666. The lowest BCUT2D eigenvalue weighted by atomic mass is 10.2. The van der Waals surface area contributed by atoms with Crippen LogP contribution in [0.4, 0.5) is 11.5 Å². The molecule has 1 aromatic carbocycles. The Morgan fingerprint density at radius 3 is 2.83 bits per heavy atom. The van der Waals surface area contributed by atoms with E-state index in [0.717, 1.165) is 47.2 Å². The van der Waals surface area contributed by atoms with Crippen LogP contribution in [0.5, 0.6) is 5.75 Å². The van der Waals surface area contributed by atoms with Crippen molar-refractivity contribution in [1.82, 2.24) is 19.5 Å². The minimum atomic E-state index is 0.666. The molecule has 0 bridgehead atoms. The normalized spacial score (nSPS) is 14.2. The highest BCUT2D eigenvalue weighted by molar-refractivity contribution is 5.85. The number of imidazole rings is 1. The number of fused-ring (bicyclic) bond motifs is 3. The second kappa shape index (κ2) is 6.47. The zero-order valence-electron chi connectivity index (χ0n) is 13.8. The lowest BCUT2D eigenvalue weighted by molar-refractivity contribution is 0.340. The van der Waals surface area contributed by atoms with E-state index in [1.807, 2.05) is 31.2 Å². The minimum Gasteiger partial charge on any atom is -0.494 e. The molecule has 6 nitrogen and oxygen atoms in total. The van der Waals surface area contributed by atoms with Gasteiger partial charge in [-0.05, 0) is 44.0 Å². The van der Waals surface area contributed by atoms with Gasteiger partial charge in [-0.1, -0.05) is 6.42 Å². The Kier molecular flexibility index (Phi) is 4.02. The number of hydrogen-bond acceptors (Lipinski definition) is 5. The summed E-state index contributed by atoms with van der Waals surface area (Å²) in [4.78, 5) is 13.7. The average Bonchev–Trinajstić information content (AvgIpc) is 2.80. The highest BCUT2D eigenvalue weighted by Gasteiger charge is 2.17. The largest absolute Gasteiger partial charge is 0.494 e. The molecule has 24 heavy (non-hydrogen) atoms. The molecule has 0 amide bonds. The molecule has 1 aliphatic rings. The van der Waals surface area contributed by atoms with Gasteiger partial charge in [0, 0.05) is 18.7 Å². The SMILES string of the molecule is CCOc1ccc(Nc2ncnc3c2nc2n3CCCCC2)cc1. The van der Waals surface area contributed by atoms with Crippen molar-refractivity contribution in [2.75, 3.05) is 11.9 Å². The summed E-state index contributed by atoms with van der Waals surface area (Å²) in [6, 6.07) is 7.87. The van der Waals surface area contributed by atoms with Crippen LogP contribution < -0.4 is 10.1 Å². The third-order valence-electron chi connectivity index (χ3n) is 4.32. The molecule has 124 valence electrons. The van der Waals surface area contributed by atoms with Crippen LogP contribution in [0.25, 0.3) is 11.2 Å². The van der Waals surface area contributed by atoms with Crippen LogP contribution in [0.15, 0.2) is 30.6 Å². The van der Waals surface area contributed by atoms with Gasteiger partial charge in [0.05, 0.1) is 6.61 Å². The lowest BCUT2D eigenvalue weighted by Gasteiger charge is -2.08. The van der Waals surface area contributed by atoms with Gasteiger partial charge < -0.3 is 14.6 Å². The molecule has 0 fully saturated rings. The summed E-state index contributed by atoms with van der Waals surface area (Å²) in [5.41, 5.74) is 2.74. The van der Waals surface area contributed by atoms with Gasteiger partial charge in [-0.25, -0.2) is 15.0 Å². The van der Waals surface area contributed by atoms with E-state index in [1.54, 1.807) is 6.33 Å². The molecule has 0 radical (unpaired) electrons. The van der Waals surface area contributed by atoms with E-state index in [1.165, 1.54) is 19.3 Å². The molecule has 1 aliphatic heterocycles. The predicted molar refractivity (Wildman–Crippen MR) is 93.8 cm³/mol. The Labute approximate surface area is 140 Å². The first kappa shape index (κ1) is 14.9. The summed E-state index contributed by atoms with van der Waals surface area (Å²) < 4.78 is 7.72. The molecular weight excluding hydrogens is 302 g/mol. The predicted octanol–water partition coefficient (Wildman–Crippen LogP) is 3.70. The third kappa shape index (κ3) is 2.79. The second-order valence-electron chi connectivity index (χ2n) is 5.97. The van der Waals surface area contributed by atoms with Crippen LogP contribution >= 0.6 is 0 Å². The molecule has 0 spiro atoms. The Hall–Kier alpha value is -2.63. The van der Waals surface area contributed by atoms with Crippen LogP contribution in [0.2, 0.25) is 0 Å². The smallest absolute Gasteiger partial charge is 0.165 e. The van der Waals surface area contributed by atoms with E-state index in [2.05, 4.69) is 19.9 Å². The number of aryl methyl sites for hydroxylation is 2. The zero-order chi connectivity index (χ0) is 16.4. The molecular formula is C18H21N5O. The van der Waals surface area contributed by atoms with Crippen LogP contribution in [0, 0.1) is 0 Å². The maximum atomic E-state index is 5.48. The van der Waals surface area contributed by atoms with Gasteiger partial charge >= 0.3 is 0 Å². The summed E-state index contributed by atoms with van der Waals surface area (Å²) in [6.07, 6.45) is 6.26. The Bertz CT molecular complexity index is 840. The van der Waals surface area contributed by atoms with Gasteiger partial charge in [-0.15, -0.1) is 0 Å². The lowest BCUT2D eigenvalue weighted by Crippen LogP contribution is -2.02. The molecule has 3 aromatic rings. The van der Waals surface area contributed by atoms with Gasteiger partial charge in [0.15, 0.2) is 17.0 Å². The van der Waals surface area contributed by atoms with Crippen molar-refractivity contribution in [3.05, 3.63) is 36.4 Å². The highest BCUT2D eigenvalue weighted by atomic mass is 16.5. The van der Waals surface area contributed by atoms with E-state index in [-0.39, 0.29) is 0 Å². The summed E-state index contributed by atoms with van der Waals surface area (Å²) in [7, 11) is 0. The topological polar surface area (TPSA) is 64.9 Å². The quantitative estimate of drug-likeness (QED) is 0.793. The molecule has 6 heteroatoms. The van der Waals surface area contributed by atoms with Crippen LogP contribution in [0.3, 0.4) is 0 Å². The average molecular weight is 323 g/mol. The second-order valence-corrected chi connectivity index (χ2v) is 5.97. The van der Waals surface area contributed by atoms with E-state index >= 15 is 0 Å². The number of hydrogen-bond donors (Lipinski definition) is 1. The fourth-order valence-electron chi connectivity index (χ4n) is 3.17. The summed E-state index contributed by atoms with van der Waals surface area (Å²) in [6.45, 7) is 3.64. The van der Waals surface area contributed by atoms with Crippen molar-refractivity contribution in [2.45, 2.75) is 39.2 Å². The van der Waals surface area contributed by atoms with Crippen LogP contribution in [-0.2, 0) is 13.0 Å². The molecule has 0 saturated carbocycles. The number of ether oxygens (including phenoxy) is 1. The monoisotopic (exact) mass is 323 g/mol. The van der Waals surface area contributed by atoms with Crippen molar-refractivity contribution < 1.29 is 4.74 Å². The van der Waals surface area contributed by atoms with Gasteiger partial charge in [0.1, 0.15) is 17.9 Å². The van der Waals surface area contributed by atoms with E-state index in [0.29, 0.717) is 6.61 Å². The number of rotatable bonds is 4. The van der Waals surface area contributed by atoms with Gasteiger partial charge in [0.25, 0.3) is 0 Å². The van der Waals surface area contributed by atoms with Crippen LogP contribution in [-0.4, -0.2) is 26.1 Å². The van der Waals surface area contributed by atoms with E-state index in [9.17, 15) is 0 Å². The molecule has 1 N–H and O–H groups in total. The first-order valence-electron chi connectivity index (χ1n) is 8.55. The maximum Gasteiger partial charge on any atom is 0.165 e. The molecule has 0 saturated heterocycles. The van der Waals surface area contributed by atoms with Gasteiger partial charge in [0.2, 0.25) is 0 Å². The Morgan fingerprint density at radius 1 is 1.12 bits per heavy atom. The van der Waals surface area contributed by atoms with Gasteiger partial charge in [-0.2, -0.15) is 0 Å². The first-order chi connectivity index (χ1) is 11.8. The zero-order valence-corrected chi connectivity index (χ0v) is 13.8. The fourth-order valence-corrected chi connectivity index (χ4v) is 3.17. The number of anilines is 2. The van der Waals surface area contributed by atoms with Crippen molar-refractivity contribution in [2.24, 2.45) is 0 Å². The Balaban J connectivity index is 1.67. The summed E-state index contributed by atoms with van der Waals surface area (Å²) in [5.74, 6) is 2.74. The van der Waals surface area contributed by atoms with E-state index < -0.39 is 0 Å². The molecule has 3 heterocycles. The third-order valence-corrected chi connectivity index (χ3v) is 4.32. The fraction of sp³-hybridized carbons (Fsp3) is 0.389. The van der Waals surface area contributed by atoms with Gasteiger partial charge in [-0.3, -0.25) is 0 Å². The van der Waals surface area contributed by atoms with Crippen molar-refractivity contribution in [3.8, 4) is 5.75 Å². The number of aromatic nitrogens is 4.